The molecule has 168 valence electrons. The normalized spacial score (nSPS) is 16.2. The standard InChI is InChI=1S/C24H28N4O4/c1-26-9-11-27(12-10-26)16-17-7-8-22(28(30)31)19(13-17)15-23(29)20-14-18-5-3-4-6-21(18)25-24(20)32-2/h3-8,13-14,23,29H,9-12,15-16H2,1-2H3. The number of para-hydroxylation sites is 1. The number of aliphatic hydroxyl groups excluding tert-OH is 1. The van der Waals surface area contributed by atoms with E-state index in [1.165, 1.54) is 7.11 Å². The summed E-state index contributed by atoms with van der Waals surface area (Å²) < 4.78 is 5.41. The molecule has 1 saturated heterocycles. The van der Waals surface area contributed by atoms with Crippen LogP contribution in [0.5, 0.6) is 5.88 Å². The molecule has 1 fully saturated rings. The second-order valence-corrected chi connectivity index (χ2v) is 8.30. The number of hydrogen-bond acceptors (Lipinski definition) is 7. The largest absolute Gasteiger partial charge is 0.481 e. The lowest BCUT2D eigenvalue weighted by molar-refractivity contribution is -0.385. The third kappa shape index (κ3) is 4.88. The zero-order valence-corrected chi connectivity index (χ0v) is 18.4. The molecule has 32 heavy (non-hydrogen) atoms. The summed E-state index contributed by atoms with van der Waals surface area (Å²) in [5.41, 5.74) is 2.81. The summed E-state index contributed by atoms with van der Waals surface area (Å²) in [5.74, 6) is 0.326. The fourth-order valence-corrected chi connectivity index (χ4v) is 4.18. The lowest BCUT2D eigenvalue weighted by Gasteiger charge is -2.32. The highest BCUT2D eigenvalue weighted by Crippen LogP contribution is 2.32. The molecular weight excluding hydrogens is 408 g/mol. The first-order chi connectivity index (χ1) is 15.4. The Morgan fingerprint density at radius 2 is 1.91 bits per heavy atom. The maximum Gasteiger partial charge on any atom is 0.272 e. The Morgan fingerprint density at radius 1 is 1.16 bits per heavy atom. The van der Waals surface area contributed by atoms with Gasteiger partial charge in [-0.3, -0.25) is 15.0 Å². The molecule has 1 aliphatic heterocycles. The molecule has 8 nitrogen and oxygen atoms in total. The van der Waals surface area contributed by atoms with Gasteiger partial charge < -0.3 is 14.7 Å². The van der Waals surface area contributed by atoms with Gasteiger partial charge in [-0.2, -0.15) is 0 Å². The Balaban J connectivity index is 1.61. The lowest BCUT2D eigenvalue weighted by Crippen LogP contribution is -2.43. The number of nitro benzene ring substituents is 1. The second kappa shape index (κ2) is 9.60. The van der Waals surface area contributed by atoms with Crippen LogP contribution in [0.25, 0.3) is 10.9 Å². The van der Waals surface area contributed by atoms with Crippen molar-refractivity contribution < 1.29 is 14.8 Å². The number of benzene rings is 2. The molecule has 0 saturated carbocycles. The van der Waals surface area contributed by atoms with Crippen molar-refractivity contribution in [3.05, 3.63) is 75.3 Å². The van der Waals surface area contributed by atoms with E-state index in [1.54, 1.807) is 6.07 Å². The van der Waals surface area contributed by atoms with Crippen LogP contribution < -0.4 is 4.74 Å². The first kappa shape index (κ1) is 22.1. The highest BCUT2D eigenvalue weighted by Gasteiger charge is 2.23. The van der Waals surface area contributed by atoms with E-state index in [2.05, 4.69) is 21.8 Å². The van der Waals surface area contributed by atoms with Gasteiger partial charge in [0.2, 0.25) is 5.88 Å². The number of piperazine rings is 1. The predicted molar refractivity (Wildman–Crippen MR) is 123 cm³/mol. The molecular formula is C24H28N4O4. The van der Waals surface area contributed by atoms with Crippen LogP contribution in [0.2, 0.25) is 0 Å². The second-order valence-electron chi connectivity index (χ2n) is 8.30. The summed E-state index contributed by atoms with van der Waals surface area (Å²) in [6.45, 7) is 4.67. The van der Waals surface area contributed by atoms with E-state index >= 15 is 0 Å². The van der Waals surface area contributed by atoms with E-state index in [1.807, 2.05) is 42.5 Å². The fourth-order valence-electron chi connectivity index (χ4n) is 4.18. The van der Waals surface area contributed by atoms with E-state index in [4.69, 9.17) is 4.74 Å². The van der Waals surface area contributed by atoms with Crippen molar-refractivity contribution >= 4 is 16.6 Å². The van der Waals surface area contributed by atoms with Gasteiger partial charge >= 0.3 is 0 Å². The first-order valence-corrected chi connectivity index (χ1v) is 10.7. The minimum Gasteiger partial charge on any atom is -0.481 e. The van der Waals surface area contributed by atoms with Crippen molar-refractivity contribution in [1.82, 2.24) is 14.8 Å². The number of nitrogens with zero attached hydrogens (tertiary/aromatic N) is 4. The average Bonchev–Trinajstić information content (AvgIpc) is 2.79. The Kier molecular flexibility index (Phi) is 6.64. The van der Waals surface area contributed by atoms with Gasteiger partial charge in [-0.15, -0.1) is 0 Å². The maximum absolute atomic E-state index is 11.6. The highest BCUT2D eigenvalue weighted by molar-refractivity contribution is 5.80. The molecule has 4 rings (SSSR count). The third-order valence-electron chi connectivity index (χ3n) is 6.02. The van der Waals surface area contributed by atoms with Crippen molar-refractivity contribution in [3.63, 3.8) is 0 Å². The smallest absolute Gasteiger partial charge is 0.272 e. The molecule has 1 unspecified atom stereocenters. The summed E-state index contributed by atoms with van der Waals surface area (Å²) >= 11 is 0. The maximum atomic E-state index is 11.6. The van der Waals surface area contributed by atoms with Gasteiger partial charge in [-0.25, -0.2) is 4.98 Å². The van der Waals surface area contributed by atoms with E-state index in [9.17, 15) is 15.2 Å². The number of aromatic nitrogens is 1. The van der Waals surface area contributed by atoms with Crippen molar-refractivity contribution in [2.75, 3.05) is 40.3 Å². The average molecular weight is 437 g/mol. The van der Waals surface area contributed by atoms with Gasteiger partial charge in [0.1, 0.15) is 0 Å². The summed E-state index contributed by atoms with van der Waals surface area (Å²) in [6.07, 6.45) is -0.886. The van der Waals surface area contributed by atoms with Crippen molar-refractivity contribution in [2.24, 2.45) is 0 Å². The van der Waals surface area contributed by atoms with Crippen molar-refractivity contribution in [1.29, 1.82) is 0 Å². The zero-order valence-electron chi connectivity index (χ0n) is 18.4. The number of nitro groups is 1. The fraction of sp³-hybridized carbons (Fsp3) is 0.375. The van der Waals surface area contributed by atoms with E-state index in [0.29, 0.717) is 17.0 Å². The summed E-state index contributed by atoms with van der Waals surface area (Å²) in [6, 6.07) is 14.6. The minimum absolute atomic E-state index is 0.0129. The molecule has 3 aromatic rings. The summed E-state index contributed by atoms with van der Waals surface area (Å²) in [5, 5.41) is 23.6. The SMILES string of the molecule is COc1nc2ccccc2cc1C(O)Cc1cc(CN2CCN(C)CC2)ccc1[N+](=O)[O-]. The zero-order chi connectivity index (χ0) is 22.7. The van der Waals surface area contributed by atoms with E-state index in [0.717, 1.165) is 49.2 Å². The number of ether oxygens (including phenoxy) is 1. The molecule has 2 aromatic carbocycles. The van der Waals surface area contributed by atoms with Gasteiger partial charge in [-0.1, -0.05) is 24.3 Å². The van der Waals surface area contributed by atoms with Crippen LogP contribution in [0, 0.1) is 10.1 Å². The number of pyridine rings is 1. The van der Waals surface area contributed by atoms with Crippen LogP contribution in [0.15, 0.2) is 48.5 Å². The number of hydrogen-bond donors (Lipinski definition) is 1. The van der Waals surface area contributed by atoms with Gasteiger partial charge in [0.25, 0.3) is 5.69 Å². The lowest BCUT2D eigenvalue weighted by atomic mass is 9.98. The van der Waals surface area contributed by atoms with Crippen molar-refractivity contribution in [2.45, 2.75) is 19.1 Å². The van der Waals surface area contributed by atoms with Crippen LogP contribution in [0.4, 0.5) is 5.69 Å². The highest BCUT2D eigenvalue weighted by atomic mass is 16.6. The molecule has 0 spiro atoms. The summed E-state index contributed by atoms with van der Waals surface area (Å²) in [7, 11) is 3.62. The number of methoxy groups -OCH3 is 1. The molecule has 0 aliphatic carbocycles. The Hall–Kier alpha value is -3.07. The minimum atomic E-state index is -0.986. The number of fused-ring (bicyclic) bond motifs is 1. The van der Waals surface area contributed by atoms with Gasteiger partial charge in [0, 0.05) is 61.7 Å². The molecule has 0 radical (unpaired) electrons. The molecule has 2 heterocycles. The number of rotatable bonds is 7. The van der Waals surface area contributed by atoms with Gasteiger partial charge in [0.05, 0.1) is 23.7 Å². The van der Waals surface area contributed by atoms with Gasteiger partial charge in [0.15, 0.2) is 0 Å². The van der Waals surface area contributed by atoms with Crippen LogP contribution in [0.3, 0.4) is 0 Å². The van der Waals surface area contributed by atoms with E-state index < -0.39 is 11.0 Å². The third-order valence-corrected chi connectivity index (χ3v) is 6.02. The topological polar surface area (TPSA) is 92.0 Å². The predicted octanol–water partition coefficient (Wildman–Crippen LogP) is 3.18. The Bertz CT molecular complexity index is 1110. The Labute approximate surface area is 187 Å². The molecule has 1 aliphatic rings. The molecule has 1 aromatic heterocycles. The molecule has 1 atom stereocenters. The Morgan fingerprint density at radius 3 is 2.62 bits per heavy atom. The molecule has 0 bridgehead atoms. The molecule has 1 N–H and O–H groups in total. The first-order valence-electron chi connectivity index (χ1n) is 10.7. The quantitative estimate of drug-likeness (QED) is 0.449. The van der Waals surface area contributed by atoms with Crippen molar-refractivity contribution in [3.8, 4) is 5.88 Å². The number of likely N-dealkylation sites (N-methyl/N-ethyl adjacent to an activating group) is 1. The van der Waals surface area contributed by atoms with Crippen LogP contribution >= 0.6 is 0 Å². The summed E-state index contributed by atoms with van der Waals surface area (Å²) in [4.78, 5) is 20.4. The monoisotopic (exact) mass is 436 g/mol. The molecule has 8 heteroatoms. The van der Waals surface area contributed by atoms with Crippen LogP contribution in [-0.4, -0.2) is 65.2 Å². The van der Waals surface area contributed by atoms with Gasteiger partial charge in [-0.05, 0) is 30.8 Å². The van der Waals surface area contributed by atoms with E-state index in [-0.39, 0.29) is 12.1 Å². The molecule has 0 amide bonds. The van der Waals surface area contributed by atoms with Crippen LogP contribution in [-0.2, 0) is 13.0 Å². The number of aliphatic hydroxyl groups is 1. The van der Waals surface area contributed by atoms with Crippen LogP contribution in [0.1, 0.15) is 22.8 Å².